The molecule has 1 atom stereocenters. The predicted octanol–water partition coefficient (Wildman–Crippen LogP) is 5.12. The van der Waals surface area contributed by atoms with Crippen LogP contribution < -0.4 is 4.90 Å². The smallest absolute Gasteiger partial charge is 0.148 e. The van der Waals surface area contributed by atoms with Gasteiger partial charge >= 0.3 is 0 Å². The molecule has 0 radical (unpaired) electrons. The molecule has 3 aromatic carbocycles. The number of hydrogen-bond donors (Lipinski definition) is 1. The largest absolute Gasteiger partial charge is 0.381 e. The number of rotatable bonds is 5. The Balaban J connectivity index is 1.23. The van der Waals surface area contributed by atoms with E-state index in [0.717, 1.165) is 56.1 Å². The summed E-state index contributed by atoms with van der Waals surface area (Å²) in [6.07, 6.45) is 0.959. The Morgan fingerprint density at radius 1 is 0.912 bits per heavy atom. The molecular formula is C28H29FN4O. The minimum Gasteiger partial charge on any atom is -0.381 e. The van der Waals surface area contributed by atoms with Gasteiger partial charge in [-0.2, -0.15) is 0 Å². The molecule has 1 unspecified atom stereocenters. The Morgan fingerprint density at radius 3 is 2.21 bits per heavy atom. The number of imidazole rings is 1. The van der Waals surface area contributed by atoms with Gasteiger partial charge in [-0.25, -0.2) is 9.37 Å². The fraction of sp³-hybridized carbons (Fsp3) is 0.321. The molecule has 1 aromatic heterocycles. The Labute approximate surface area is 199 Å². The lowest BCUT2D eigenvalue weighted by Gasteiger charge is -2.40. The molecule has 2 aliphatic rings. The van der Waals surface area contributed by atoms with Gasteiger partial charge in [-0.05, 0) is 23.6 Å². The second-order valence-electron chi connectivity index (χ2n) is 9.25. The lowest BCUT2D eigenvalue weighted by molar-refractivity contribution is 0.193. The van der Waals surface area contributed by atoms with Crippen LogP contribution in [-0.2, 0) is 4.74 Å². The average Bonchev–Trinajstić information content (AvgIpc) is 3.56. The van der Waals surface area contributed by atoms with Gasteiger partial charge in [-0.1, -0.05) is 60.7 Å². The van der Waals surface area contributed by atoms with Crippen LogP contribution in [0.15, 0.2) is 72.8 Å². The first-order valence-corrected chi connectivity index (χ1v) is 12.1. The summed E-state index contributed by atoms with van der Waals surface area (Å²) in [6, 6.07) is 25.0. The average molecular weight is 457 g/mol. The van der Waals surface area contributed by atoms with E-state index in [1.165, 1.54) is 11.1 Å². The second-order valence-corrected chi connectivity index (χ2v) is 9.25. The highest BCUT2D eigenvalue weighted by Gasteiger charge is 2.28. The lowest BCUT2D eigenvalue weighted by atomic mass is 9.96. The zero-order valence-electron chi connectivity index (χ0n) is 19.2. The fourth-order valence-corrected chi connectivity index (χ4v) is 5.33. The van der Waals surface area contributed by atoms with E-state index in [1.54, 1.807) is 6.07 Å². The number of hydrogen-bond acceptors (Lipinski definition) is 4. The number of anilines is 1. The van der Waals surface area contributed by atoms with Crippen molar-refractivity contribution in [2.75, 3.05) is 44.3 Å². The van der Waals surface area contributed by atoms with Gasteiger partial charge in [-0.3, -0.25) is 4.90 Å². The summed E-state index contributed by atoms with van der Waals surface area (Å²) in [7, 11) is 0. The van der Waals surface area contributed by atoms with Gasteiger partial charge in [0.05, 0.1) is 29.4 Å². The molecule has 2 saturated heterocycles. The van der Waals surface area contributed by atoms with E-state index in [0.29, 0.717) is 12.3 Å². The van der Waals surface area contributed by atoms with Gasteiger partial charge in [0.15, 0.2) is 0 Å². The van der Waals surface area contributed by atoms with Crippen molar-refractivity contribution >= 4 is 16.7 Å². The Morgan fingerprint density at radius 2 is 1.59 bits per heavy atom. The number of benzene rings is 3. The molecular weight excluding hydrogens is 427 g/mol. The highest BCUT2D eigenvalue weighted by molar-refractivity contribution is 5.80. The number of H-pyrrole nitrogens is 1. The van der Waals surface area contributed by atoms with Crippen LogP contribution in [0.2, 0.25) is 0 Å². The number of ether oxygens (including phenoxy) is 1. The summed E-state index contributed by atoms with van der Waals surface area (Å²) in [5.41, 5.74) is 4.80. The summed E-state index contributed by atoms with van der Waals surface area (Å²) in [6.45, 7) is 4.70. The monoisotopic (exact) mass is 456 g/mol. The number of nitrogens with zero attached hydrogens (tertiary/aromatic N) is 3. The molecule has 0 aliphatic carbocycles. The topological polar surface area (TPSA) is 44.4 Å². The molecule has 2 aliphatic heterocycles. The van der Waals surface area contributed by atoms with Crippen LogP contribution in [0.1, 0.15) is 35.3 Å². The highest BCUT2D eigenvalue weighted by atomic mass is 19.1. The van der Waals surface area contributed by atoms with Crippen molar-refractivity contribution in [3.63, 3.8) is 0 Å². The van der Waals surface area contributed by atoms with Gasteiger partial charge in [0.2, 0.25) is 0 Å². The van der Waals surface area contributed by atoms with Crippen LogP contribution in [0.3, 0.4) is 0 Å². The first-order valence-electron chi connectivity index (χ1n) is 12.1. The number of piperazine rings is 1. The van der Waals surface area contributed by atoms with E-state index in [1.807, 2.05) is 6.07 Å². The highest BCUT2D eigenvalue weighted by Crippen LogP contribution is 2.32. The van der Waals surface area contributed by atoms with E-state index in [2.05, 4.69) is 75.4 Å². The van der Waals surface area contributed by atoms with Crippen molar-refractivity contribution in [2.24, 2.45) is 0 Å². The molecule has 4 aromatic rings. The van der Waals surface area contributed by atoms with Gasteiger partial charge in [0.1, 0.15) is 11.6 Å². The Kier molecular flexibility index (Phi) is 5.77. The molecule has 1 N–H and O–H groups in total. The summed E-state index contributed by atoms with van der Waals surface area (Å²) in [4.78, 5) is 12.7. The first-order chi connectivity index (χ1) is 16.8. The summed E-state index contributed by atoms with van der Waals surface area (Å²) >= 11 is 0. The molecule has 174 valence electrons. The van der Waals surface area contributed by atoms with Gasteiger partial charge in [0, 0.05) is 44.8 Å². The molecule has 0 bridgehead atoms. The molecule has 0 saturated carbocycles. The predicted molar refractivity (Wildman–Crippen MR) is 133 cm³/mol. The van der Waals surface area contributed by atoms with Crippen molar-refractivity contribution in [1.29, 1.82) is 0 Å². The fourth-order valence-electron chi connectivity index (χ4n) is 5.33. The molecule has 3 heterocycles. The Bertz CT molecular complexity index is 1210. The van der Waals surface area contributed by atoms with E-state index in [4.69, 9.17) is 9.72 Å². The van der Waals surface area contributed by atoms with Crippen LogP contribution in [0.4, 0.5) is 10.1 Å². The third-order valence-corrected chi connectivity index (χ3v) is 7.14. The number of halogens is 1. The zero-order valence-corrected chi connectivity index (χ0v) is 19.2. The van der Waals surface area contributed by atoms with Crippen LogP contribution >= 0.6 is 0 Å². The van der Waals surface area contributed by atoms with Crippen molar-refractivity contribution < 1.29 is 9.13 Å². The maximum Gasteiger partial charge on any atom is 0.148 e. The maximum absolute atomic E-state index is 15.1. The third kappa shape index (κ3) is 4.08. The molecule has 0 spiro atoms. The van der Waals surface area contributed by atoms with Gasteiger partial charge < -0.3 is 14.6 Å². The maximum atomic E-state index is 15.1. The van der Waals surface area contributed by atoms with E-state index in [9.17, 15) is 0 Å². The molecule has 5 nitrogen and oxygen atoms in total. The normalized spacial score (nSPS) is 19.4. The first kappa shape index (κ1) is 21.3. The van der Waals surface area contributed by atoms with Crippen molar-refractivity contribution in [3.8, 4) is 0 Å². The quantitative estimate of drug-likeness (QED) is 0.453. The van der Waals surface area contributed by atoms with Crippen LogP contribution in [0, 0.1) is 5.82 Å². The minimum atomic E-state index is -0.193. The van der Waals surface area contributed by atoms with Crippen LogP contribution in [0.25, 0.3) is 11.0 Å². The molecule has 0 amide bonds. The third-order valence-electron chi connectivity index (χ3n) is 7.14. The SMILES string of the molecule is Fc1cc2[nH]c(C3CCOC3)nc2cc1N1CCN(C(c2ccccc2)c2ccccc2)CC1. The summed E-state index contributed by atoms with van der Waals surface area (Å²) in [5, 5.41) is 0. The van der Waals surface area contributed by atoms with Crippen molar-refractivity contribution in [1.82, 2.24) is 14.9 Å². The molecule has 6 rings (SSSR count). The standard InChI is InChI=1S/C28H29FN4O/c29-23-17-24-25(31-28(30-24)22-11-16-34-19-22)18-26(23)32-12-14-33(15-13-32)27(20-7-3-1-4-8-20)21-9-5-2-6-10-21/h1-10,17-18,22,27H,11-16,19H2,(H,30,31). The molecule has 2 fully saturated rings. The van der Waals surface area contributed by atoms with E-state index in [-0.39, 0.29) is 17.8 Å². The molecule has 34 heavy (non-hydrogen) atoms. The minimum absolute atomic E-state index is 0.193. The number of fused-ring (bicyclic) bond motifs is 1. The van der Waals surface area contributed by atoms with E-state index < -0.39 is 0 Å². The number of nitrogens with one attached hydrogen (secondary N) is 1. The zero-order chi connectivity index (χ0) is 22.9. The van der Waals surface area contributed by atoms with Crippen molar-refractivity contribution in [3.05, 3.63) is 95.6 Å². The van der Waals surface area contributed by atoms with Crippen LogP contribution in [-0.4, -0.2) is 54.3 Å². The van der Waals surface area contributed by atoms with Gasteiger partial charge in [0.25, 0.3) is 0 Å². The van der Waals surface area contributed by atoms with Crippen molar-refractivity contribution in [2.45, 2.75) is 18.4 Å². The van der Waals surface area contributed by atoms with Crippen LogP contribution in [0.5, 0.6) is 0 Å². The van der Waals surface area contributed by atoms with Gasteiger partial charge in [-0.15, -0.1) is 0 Å². The number of aromatic amines is 1. The molecule has 6 heteroatoms. The lowest BCUT2D eigenvalue weighted by Crippen LogP contribution is -2.48. The second kappa shape index (κ2) is 9.20. The Hall–Kier alpha value is -3.22. The summed E-state index contributed by atoms with van der Waals surface area (Å²) < 4.78 is 20.6. The van der Waals surface area contributed by atoms with E-state index >= 15 is 4.39 Å². The number of aromatic nitrogens is 2. The summed E-state index contributed by atoms with van der Waals surface area (Å²) in [5.74, 6) is 0.985.